The molecule has 0 radical (unpaired) electrons. The number of phenols is 1. The number of methoxy groups -OCH3 is 1. The van der Waals surface area contributed by atoms with E-state index in [1.165, 1.54) is 14.0 Å². The standard InChI is InChI=1S/C39H46N4O9/c1-19-14-24-15-27-39(48)43-26(32(42(27)5)30(24)33(46)34(19)49-6)16-25-31(37-36(50-18-51-37)20(2)35(25)52-22(4)44)28(43)17-40-38(47)21(3)41-29(45)13-12-23-10-8-7-9-11-23/h7-11,14,21,26-28,32,39,46,48H,12-13,15-18H2,1-6H3,(H,40,47)(H,41,45)/t21-,26?,27?,28-,32?,39-/m0/s1. The maximum absolute atomic E-state index is 13.6. The summed E-state index contributed by atoms with van der Waals surface area (Å²) in [7, 11) is 3.47. The molecule has 52 heavy (non-hydrogen) atoms. The number of esters is 1. The molecule has 4 heterocycles. The Kier molecular flexibility index (Phi) is 9.53. The van der Waals surface area contributed by atoms with E-state index in [4.69, 9.17) is 18.9 Å². The summed E-state index contributed by atoms with van der Waals surface area (Å²) in [6.07, 6.45) is 0.572. The normalized spacial score (nSPS) is 23.5. The molecule has 1 fully saturated rings. The summed E-state index contributed by atoms with van der Waals surface area (Å²) in [4.78, 5) is 43.0. The van der Waals surface area contributed by atoms with Gasteiger partial charge in [-0.2, -0.15) is 0 Å². The van der Waals surface area contributed by atoms with Crippen molar-refractivity contribution < 1.29 is 43.5 Å². The number of ether oxygens (including phenoxy) is 4. The van der Waals surface area contributed by atoms with Crippen molar-refractivity contribution in [2.45, 2.75) is 89.8 Å². The molecule has 276 valence electrons. The third-order valence-electron chi connectivity index (χ3n) is 11.1. The monoisotopic (exact) mass is 714 g/mol. The van der Waals surface area contributed by atoms with Crippen molar-refractivity contribution in [3.8, 4) is 28.7 Å². The number of amides is 2. The SMILES string of the molecule is COc1c(C)cc2c(c1O)C1C3Cc4c(OC(C)=O)c(C)c5c(c4[C@H](CNC(=O)[C@H](C)NC(=O)CCc4ccccc4)N3[C@@H](O)C(C2)N1C)OCO5. The molecule has 13 nitrogen and oxygen atoms in total. The van der Waals surface area contributed by atoms with Gasteiger partial charge in [-0.15, -0.1) is 0 Å². The summed E-state index contributed by atoms with van der Waals surface area (Å²) < 4.78 is 23.5. The van der Waals surface area contributed by atoms with Gasteiger partial charge in [0.05, 0.1) is 25.2 Å². The fourth-order valence-corrected chi connectivity index (χ4v) is 8.75. The Labute approximate surface area is 302 Å². The van der Waals surface area contributed by atoms with Crippen molar-refractivity contribution in [3.63, 3.8) is 0 Å². The molecule has 0 aromatic heterocycles. The molecular weight excluding hydrogens is 668 g/mol. The maximum atomic E-state index is 13.6. The number of nitrogens with zero attached hydrogens (tertiary/aromatic N) is 2. The summed E-state index contributed by atoms with van der Waals surface area (Å²) in [6, 6.07) is 8.97. The van der Waals surface area contributed by atoms with E-state index in [2.05, 4.69) is 15.5 Å². The minimum absolute atomic E-state index is 0.0290. The van der Waals surface area contributed by atoms with Crippen LogP contribution in [0.5, 0.6) is 28.7 Å². The van der Waals surface area contributed by atoms with Gasteiger partial charge in [-0.1, -0.05) is 36.4 Å². The van der Waals surface area contributed by atoms with Gasteiger partial charge in [-0.25, -0.2) is 0 Å². The van der Waals surface area contributed by atoms with Crippen LogP contribution >= 0.6 is 0 Å². The molecule has 0 spiro atoms. The van der Waals surface area contributed by atoms with Crippen molar-refractivity contribution in [2.75, 3.05) is 27.5 Å². The van der Waals surface area contributed by atoms with E-state index < -0.39 is 42.3 Å². The van der Waals surface area contributed by atoms with Gasteiger partial charge in [0, 0.05) is 48.2 Å². The maximum Gasteiger partial charge on any atom is 0.308 e. The number of carbonyl (C=O) groups is 3. The van der Waals surface area contributed by atoms with E-state index in [-0.39, 0.29) is 37.5 Å². The van der Waals surface area contributed by atoms with Crippen LogP contribution in [0.1, 0.15) is 71.3 Å². The van der Waals surface area contributed by atoms with E-state index in [0.717, 1.165) is 16.7 Å². The van der Waals surface area contributed by atoms with Gasteiger partial charge in [0.1, 0.15) is 18.0 Å². The number of benzene rings is 3. The van der Waals surface area contributed by atoms with E-state index in [1.54, 1.807) is 6.92 Å². The second kappa shape index (κ2) is 13.9. The van der Waals surface area contributed by atoms with Crippen molar-refractivity contribution in [1.29, 1.82) is 0 Å². The van der Waals surface area contributed by atoms with Gasteiger partial charge >= 0.3 is 5.97 Å². The Balaban J connectivity index is 1.26. The topological polar surface area (TPSA) is 159 Å². The second-order valence-corrected chi connectivity index (χ2v) is 14.2. The van der Waals surface area contributed by atoms with Crippen LogP contribution in [0.15, 0.2) is 36.4 Å². The molecule has 0 saturated carbocycles. The van der Waals surface area contributed by atoms with E-state index in [0.29, 0.717) is 64.5 Å². The zero-order valence-corrected chi connectivity index (χ0v) is 30.3. The highest BCUT2D eigenvalue weighted by Gasteiger charge is 2.56. The Hall–Kier alpha value is -4.85. The lowest BCUT2D eigenvalue weighted by atomic mass is 9.73. The molecule has 3 unspecified atom stereocenters. The fourth-order valence-electron chi connectivity index (χ4n) is 8.75. The number of piperazine rings is 1. The highest BCUT2D eigenvalue weighted by molar-refractivity contribution is 5.87. The molecule has 6 atom stereocenters. The number of phenolic OH excluding ortho intramolecular Hbond substituents is 1. The smallest absolute Gasteiger partial charge is 0.308 e. The van der Waals surface area contributed by atoms with E-state index >= 15 is 0 Å². The largest absolute Gasteiger partial charge is 0.504 e. The number of aromatic hydroxyl groups is 1. The van der Waals surface area contributed by atoms with Crippen LogP contribution < -0.4 is 29.6 Å². The number of nitrogens with one attached hydrogen (secondary N) is 2. The molecule has 2 amide bonds. The predicted molar refractivity (Wildman–Crippen MR) is 189 cm³/mol. The van der Waals surface area contributed by atoms with Gasteiger partial charge in [-0.05, 0) is 63.8 Å². The minimum Gasteiger partial charge on any atom is -0.504 e. The van der Waals surface area contributed by atoms with Crippen molar-refractivity contribution >= 4 is 17.8 Å². The average molecular weight is 715 g/mol. The summed E-state index contributed by atoms with van der Waals surface area (Å²) >= 11 is 0. The molecule has 4 aliphatic heterocycles. The molecule has 4 N–H and O–H groups in total. The number of aliphatic hydroxyl groups is 1. The van der Waals surface area contributed by atoms with Gasteiger partial charge in [0.2, 0.25) is 18.6 Å². The molecule has 2 bridgehead atoms. The summed E-state index contributed by atoms with van der Waals surface area (Å²) in [5.74, 6) is 0.561. The first kappa shape index (κ1) is 35.5. The third-order valence-corrected chi connectivity index (χ3v) is 11.1. The second-order valence-electron chi connectivity index (χ2n) is 14.2. The Morgan fingerprint density at radius 2 is 1.77 bits per heavy atom. The Morgan fingerprint density at radius 1 is 1.04 bits per heavy atom. The number of carbonyl (C=O) groups excluding carboxylic acids is 3. The number of hydrogen-bond donors (Lipinski definition) is 4. The number of rotatable bonds is 9. The van der Waals surface area contributed by atoms with E-state index in [9.17, 15) is 24.6 Å². The van der Waals surface area contributed by atoms with Crippen LogP contribution in [0.2, 0.25) is 0 Å². The quantitative estimate of drug-likeness (QED) is 0.191. The van der Waals surface area contributed by atoms with Gasteiger partial charge < -0.3 is 39.8 Å². The highest BCUT2D eigenvalue weighted by Crippen LogP contribution is 2.58. The first-order valence-electron chi connectivity index (χ1n) is 17.7. The number of hydrogen-bond acceptors (Lipinski definition) is 11. The van der Waals surface area contributed by atoms with Crippen LogP contribution in [-0.4, -0.2) is 89.6 Å². The zero-order chi connectivity index (χ0) is 37.0. The summed E-state index contributed by atoms with van der Waals surface area (Å²) in [5.41, 5.74) is 5.43. The molecule has 13 heteroatoms. The van der Waals surface area contributed by atoms with Crippen LogP contribution in [0.4, 0.5) is 0 Å². The first-order valence-corrected chi connectivity index (χ1v) is 17.7. The Bertz CT molecular complexity index is 1920. The van der Waals surface area contributed by atoms with Crippen molar-refractivity contribution in [2.24, 2.45) is 0 Å². The molecule has 1 saturated heterocycles. The molecule has 4 aliphatic rings. The van der Waals surface area contributed by atoms with Gasteiger partial charge in [0.25, 0.3) is 0 Å². The van der Waals surface area contributed by atoms with Crippen molar-refractivity contribution in [1.82, 2.24) is 20.4 Å². The Morgan fingerprint density at radius 3 is 2.48 bits per heavy atom. The molecule has 7 rings (SSSR count). The summed E-state index contributed by atoms with van der Waals surface area (Å²) in [5, 5.41) is 29.8. The van der Waals surface area contributed by atoms with Crippen LogP contribution in [0.25, 0.3) is 0 Å². The van der Waals surface area contributed by atoms with Crippen LogP contribution in [0, 0.1) is 13.8 Å². The number of aryl methyl sites for hydroxylation is 2. The molecule has 3 aromatic rings. The lowest BCUT2D eigenvalue weighted by molar-refractivity contribution is -0.172. The molecular formula is C39H46N4O9. The number of likely N-dealkylation sites (N-methyl/N-ethyl adjacent to an activating group) is 1. The lowest BCUT2D eigenvalue weighted by Crippen LogP contribution is -2.69. The van der Waals surface area contributed by atoms with Gasteiger partial charge in [0.15, 0.2) is 23.0 Å². The highest BCUT2D eigenvalue weighted by atomic mass is 16.7. The molecule has 0 aliphatic carbocycles. The van der Waals surface area contributed by atoms with Crippen molar-refractivity contribution in [3.05, 3.63) is 75.3 Å². The number of fused-ring (bicyclic) bond motifs is 9. The predicted octanol–water partition coefficient (Wildman–Crippen LogP) is 3.12. The lowest BCUT2D eigenvalue weighted by Gasteiger charge is -2.60. The average Bonchev–Trinajstić information content (AvgIpc) is 3.61. The van der Waals surface area contributed by atoms with Crippen LogP contribution in [-0.2, 0) is 33.6 Å². The minimum atomic E-state index is -0.995. The first-order chi connectivity index (χ1) is 24.9. The fraction of sp³-hybridized carbons (Fsp3) is 0.462. The van der Waals surface area contributed by atoms with Gasteiger partial charge in [-0.3, -0.25) is 24.2 Å². The van der Waals surface area contributed by atoms with Crippen LogP contribution in [0.3, 0.4) is 0 Å². The zero-order valence-electron chi connectivity index (χ0n) is 30.3. The molecule has 3 aromatic carbocycles. The van der Waals surface area contributed by atoms with E-state index in [1.807, 2.05) is 62.2 Å². The summed E-state index contributed by atoms with van der Waals surface area (Å²) in [6.45, 7) is 6.65. The third kappa shape index (κ3) is 6.00. The number of aliphatic hydroxyl groups excluding tert-OH is 1.